The molecule has 0 amide bonds. The normalized spacial score (nSPS) is 10.2. The Morgan fingerprint density at radius 1 is 1.54 bits per heavy atom. The van der Waals surface area contributed by atoms with E-state index in [4.69, 9.17) is 5.26 Å². The molecule has 0 unspecified atom stereocenters. The van der Waals surface area contributed by atoms with Gasteiger partial charge in [-0.1, -0.05) is 0 Å². The zero-order valence-corrected chi connectivity index (χ0v) is 7.57. The molecule has 0 spiro atoms. The van der Waals surface area contributed by atoms with Crippen LogP contribution in [0.2, 0.25) is 0 Å². The maximum atomic E-state index is 8.85. The standard InChI is InChI=1S/C10H9N3/c1-7-3-9-8(4-11)6-13(2)10(9)12-5-7/h3,5-6H,1-2H3. The monoisotopic (exact) mass is 171 g/mol. The second-order valence-electron chi connectivity index (χ2n) is 3.15. The first-order chi connectivity index (χ1) is 6.22. The number of nitriles is 1. The number of pyridine rings is 1. The lowest BCUT2D eigenvalue weighted by molar-refractivity contribution is 0.946. The molecule has 2 rings (SSSR count). The fourth-order valence-corrected chi connectivity index (χ4v) is 1.45. The van der Waals surface area contributed by atoms with Crippen LogP contribution in [0.15, 0.2) is 18.5 Å². The molecule has 2 aromatic heterocycles. The Labute approximate surface area is 76.2 Å². The van der Waals surface area contributed by atoms with Crippen LogP contribution in [-0.2, 0) is 7.05 Å². The third kappa shape index (κ3) is 1.07. The zero-order chi connectivity index (χ0) is 9.42. The molecule has 0 atom stereocenters. The van der Waals surface area contributed by atoms with E-state index >= 15 is 0 Å². The lowest BCUT2D eigenvalue weighted by atomic mass is 10.2. The smallest absolute Gasteiger partial charge is 0.140 e. The van der Waals surface area contributed by atoms with Crippen molar-refractivity contribution in [3.63, 3.8) is 0 Å². The number of rotatable bonds is 0. The summed E-state index contributed by atoms with van der Waals surface area (Å²) in [6.07, 6.45) is 3.61. The number of aryl methyl sites for hydroxylation is 2. The number of fused-ring (bicyclic) bond motifs is 1. The topological polar surface area (TPSA) is 41.6 Å². The number of hydrogen-bond donors (Lipinski definition) is 0. The Bertz CT molecular complexity index is 503. The van der Waals surface area contributed by atoms with E-state index in [-0.39, 0.29) is 0 Å². The van der Waals surface area contributed by atoms with Gasteiger partial charge in [-0.15, -0.1) is 0 Å². The van der Waals surface area contributed by atoms with E-state index in [1.165, 1.54) is 0 Å². The molecule has 0 aliphatic carbocycles. The fraction of sp³-hybridized carbons (Fsp3) is 0.200. The predicted octanol–water partition coefficient (Wildman–Crippen LogP) is 1.75. The van der Waals surface area contributed by atoms with Crippen LogP contribution in [0.3, 0.4) is 0 Å². The quantitative estimate of drug-likeness (QED) is 0.606. The maximum absolute atomic E-state index is 8.85. The van der Waals surface area contributed by atoms with Crippen LogP contribution in [0.4, 0.5) is 0 Å². The van der Waals surface area contributed by atoms with Crippen LogP contribution in [0.5, 0.6) is 0 Å². The molecule has 0 aliphatic rings. The highest BCUT2D eigenvalue weighted by molar-refractivity contribution is 5.83. The number of hydrogen-bond acceptors (Lipinski definition) is 2. The minimum atomic E-state index is 0.689. The first kappa shape index (κ1) is 7.81. The van der Waals surface area contributed by atoms with Crippen molar-refractivity contribution < 1.29 is 0 Å². The van der Waals surface area contributed by atoms with E-state index in [0.29, 0.717) is 5.56 Å². The summed E-state index contributed by atoms with van der Waals surface area (Å²) in [6, 6.07) is 4.14. The fourth-order valence-electron chi connectivity index (χ4n) is 1.45. The summed E-state index contributed by atoms with van der Waals surface area (Å²) < 4.78 is 1.87. The molecule has 0 N–H and O–H groups in total. The molecule has 0 bridgehead atoms. The van der Waals surface area contributed by atoms with E-state index in [1.54, 1.807) is 6.20 Å². The van der Waals surface area contributed by atoms with E-state index in [9.17, 15) is 0 Å². The first-order valence-electron chi connectivity index (χ1n) is 4.04. The van der Waals surface area contributed by atoms with Crippen molar-refractivity contribution in [2.24, 2.45) is 7.05 Å². The summed E-state index contributed by atoms with van der Waals surface area (Å²) in [4.78, 5) is 4.26. The zero-order valence-electron chi connectivity index (χ0n) is 7.57. The van der Waals surface area contributed by atoms with Gasteiger partial charge in [-0.3, -0.25) is 0 Å². The van der Waals surface area contributed by atoms with Crippen molar-refractivity contribution in [3.8, 4) is 6.07 Å². The number of nitrogens with zero attached hydrogens (tertiary/aromatic N) is 3. The summed E-state index contributed by atoms with van der Waals surface area (Å²) in [7, 11) is 1.89. The molecule has 0 aliphatic heterocycles. The molecule has 2 aromatic rings. The SMILES string of the molecule is Cc1cnc2c(c1)c(C#N)cn2C. The van der Waals surface area contributed by atoms with Crippen LogP contribution in [0, 0.1) is 18.3 Å². The molecular formula is C10H9N3. The van der Waals surface area contributed by atoms with Gasteiger partial charge in [0, 0.05) is 24.8 Å². The van der Waals surface area contributed by atoms with Gasteiger partial charge in [0.15, 0.2) is 0 Å². The largest absolute Gasteiger partial charge is 0.334 e. The van der Waals surface area contributed by atoms with Crippen molar-refractivity contribution >= 4 is 11.0 Å². The average molecular weight is 171 g/mol. The van der Waals surface area contributed by atoms with Gasteiger partial charge in [0.05, 0.1) is 5.56 Å². The second-order valence-corrected chi connectivity index (χ2v) is 3.15. The molecule has 0 saturated carbocycles. The van der Waals surface area contributed by atoms with Crippen molar-refractivity contribution in [3.05, 3.63) is 29.6 Å². The van der Waals surface area contributed by atoms with Gasteiger partial charge in [0.1, 0.15) is 11.7 Å². The van der Waals surface area contributed by atoms with Gasteiger partial charge in [0.2, 0.25) is 0 Å². The maximum Gasteiger partial charge on any atom is 0.140 e. The molecule has 0 aromatic carbocycles. The van der Waals surface area contributed by atoms with Crippen LogP contribution in [-0.4, -0.2) is 9.55 Å². The second kappa shape index (κ2) is 2.60. The molecule has 2 heterocycles. The minimum Gasteiger partial charge on any atom is -0.334 e. The summed E-state index contributed by atoms with van der Waals surface area (Å²) in [5.41, 5.74) is 2.63. The van der Waals surface area contributed by atoms with Gasteiger partial charge in [-0.25, -0.2) is 4.98 Å². The summed E-state index contributed by atoms with van der Waals surface area (Å²) >= 11 is 0. The molecule has 0 radical (unpaired) electrons. The van der Waals surface area contributed by atoms with E-state index < -0.39 is 0 Å². The van der Waals surface area contributed by atoms with Gasteiger partial charge in [-0.05, 0) is 18.6 Å². The third-order valence-corrected chi connectivity index (χ3v) is 2.07. The number of aromatic nitrogens is 2. The third-order valence-electron chi connectivity index (χ3n) is 2.07. The van der Waals surface area contributed by atoms with E-state index in [2.05, 4.69) is 11.1 Å². The molecule has 3 heteroatoms. The van der Waals surface area contributed by atoms with Crippen molar-refractivity contribution in [1.82, 2.24) is 9.55 Å². The van der Waals surface area contributed by atoms with Crippen molar-refractivity contribution in [2.45, 2.75) is 6.92 Å². The summed E-state index contributed by atoms with van der Waals surface area (Å²) in [6.45, 7) is 1.97. The summed E-state index contributed by atoms with van der Waals surface area (Å²) in [5, 5.41) is 9.78. The molecule has 13 heavy (non-hydrogen) atoms. The molecular weight excluding hydrogens is 162 g/mol. The van der Waals surface area contributed by atoms with Gasteiger partial charge >= 0.3 is 0 Å². The van der Waals surface area contributed by atoms with Crippen molar-refractivity contribution in [2.75, 3.05) is 0 Å². The first-order valence-corrected chi connectivity index (χ1v) is 4.04. The molecule has 64 valence electrons. The Balaban J connectivity index is 2.91. The Morgan fingerprint density at radius 2 is 2.31 bits per heavy atom. The van der Waals surface area contributed by atoms with Gasteiger partial charge in [0.25, 0.3) is 0 Å². The van der Waals surface area contributed by atoms with Crippen molar-refractivity contribution in [1.29, 1.82) is 5.26 Å². The molecule has 3 nitrogen and oxygen atoms in total. The predicted molar refractivity (Wildman–Crippen MR) is 50.2 cm³/mol. The Hall–Kier alpha value is -1.82. The van der Waals surface area contributed by atoms with E-state index in [0.717, 1.165) is 16.6 Å². The highest BCUT2D eigenvalue weighted by atomic mass is 15.0. The minimum absolute atomic E-state index is 0.689. The highest BCUT2D eigenvalue weighted by Gasteiger charge is 2.06. The van der Waals surface area contributed by atoms with Crippen LogP contribution in [0.1, 0.15) is 11.1 Å². The van der Waals surface area contributed by atoms with Gasteiger partial charge in [-0.2, -0.15) is 5.26 Å². The Kier molecular flexibility index (Phi) is 1.56. The molecule has 0 fully saturated rings. The van der Waals surface area contributed by atoms with Gasteiger partial charge < -0.3 is 4.57 Å². The molecule has 0 saturated heterocycles. The highest BCUT2D eigenvalue weighted by Crippen LogP contribution is 2.18. The van der Waals surface area contributed by atoms with E-state index in [1.807, 2.05) is 30.8 Å². The lowest BCUT2D eigenvalue weighted by Crippen LogP contribution is -1.87. The Morgan fingerprint density at radius 3 is 3.00 bits per heavy atom. The van der Waals surface area contributed by atoms with Crippen LogP contribution in [0.25, 0.3) is 11.0 Å². The average Bonchev–Trinajstić information content (AvgIpc) is 2.42. The van der Waals surface area contributed by atoms with Crippen LogP contribution < -0.4 is 0 Å². The summed E-state index contributed by atoms with van der Waals surface area (Å²) in [5.74, 6) is 0. The lowest BCUT2D eigenvalue weighted by Gasteiger charge is -1.94. The van der Waals surface area contributed by atoms with Crippen LogP contribution >= 0.6 is 0 Å².